The van der Waals surface area contributed by atoms with E-state index in [0.717, 1.165) is 27.9 Å². The van der Waals surface area contributed by atoms with Crippen LogP contribution in [0.1, 0.15) is 15.9 Å². The molecule has 0 aliphatic heterocycles. The average molecular weight is 454 g/mol. The molecular weight excluding hydrogens is 436 g/mol. The molecule has 35 heavy (non-hydrogen) atoms. The van der Waals surface area contributed by atoms with E-state index < -0.39 is 4.92 Å². The molecule has 0 atom stereocenters. The number of hydrogen-bond acceptors (Lipinski definition) is 4. The minimum absolute atomic E-state index is 0.0312. The van der Waals surface area contributed by atoms with E-state index in [0.29, 0.717) is 27.9 Å². The van der Waals surface area contributed by atoms with Crippen molar-refractivity contribution in [2.45, 2.75) is 0 Å². The highest BCUT2D eigenvalue weighted by Gasteiger charge is 2.34. The molecule has 6 rings (SSSR count). The molecule has 5 heteroatoms. The Hall–Kier alpha value is -4.90. The van der Waals surface area contributed by atoms with E-state index in [4.69, 9.17) is 4.98 Å². The fourth-order valence-electron chi connectivity index (χ4n) is 4.78. The van der Waals surface area contributed by atoms with E-state index >= 15 is 0 Å². The summed E-state index contributed by atoms with van der Waals surface area (Å²) in [5.74, 6) is -0.124. The Labute approximate surface area is 201 Å². The van der Waals surface area contributed by atoms with E-state index in [1.54, 1.807) is 12.1 Å². The van der Waals surface area contributed by atoms with Crippen molar-refractivity contribution >= 4 is 11.5 Å². The van der Waals surface area contributed by atoms with Crippen LogP contribution in [0, 0.1) is 10.1 Å². The molecule has 0 fully saturated rings. The van der Waals surface area contributed by atoms with Gasteiger partial charge in [-0.3, -0.25) is 14.9 Å². The number of hydrogen-bond donors (Lipinski definition) is 0. The Morgan fingerprint density at radius 1 is 0.571 bits per heavy atom. The van der Waals surface area contributed by atoms with Gasteiger partial charge >= 0.3 is 0 Å². The first kappa shape index (κ1) is 20.7. The average Bonchev–Trinajstić information content (AvgIpc) is 3.20. The van der Waals surface area contributed by atoms with Crippen molar-refractivity contribution in [2.75, 3.05) is 0 Å². The number of nitrogens with zero attached hydrogens (tertiary/aromatic N) is 2. The fourth-order valence-corrected chi connectivity index (χ4v) is 4.78. The number of nitro groups is 1. The van der Waals surface area contributed by atoms with Crippen molar-refractivity contribution in [1.82, 2.24) is 4.98 Å². The molecular formula is C30H18N2O3. The van der Waals surface area contributed by atoms with E-state index in [1.807, 2.05) is 84.9 Å². The molecule has 166 valence electrons. The van der Waals surface area contributed by atoms with Gasteiger partial charge in [0.1, 0.15) is 0 Å². The van der Waals surface area contributed by atoms with Gasteiger partial charge in [0.25, 0.3) is 5.69 Å². The third-order valence-corrected chi connectivity index (χ3v) is 6.31. The van der Waals surface area contributed by atoms with Gasteiger partial charge in [0.2, 0.25) is 0 Å². The van der Waals surface area contributed by atoms with Crippen molar-refractivity contribution < 1.29 is 9.72 Å². The Balaban J connectivity index is 1.80. The largest absolute Gasteiger partial charge is 0.288 e. The lowest BCUT2D eigenvalue weighted by atomic mass is 9.86. The van der Waals surface area contributed by atoms with Crippen LogP contribution in [-0.2, 0) is 0 Å². The molecule has 1 aromatic heterocycles. The Bertz CT molecular complexity index is 1630. The molecule has 1 heterocycles. The lowest BCUT2D eigenvalue weighted by Crippen LogP contribution is -2.04. The minimum atomic E-state index is -0.415. The summed E-state index contributed by atoms with van der Waals surface area (Å²) in [5.41, 5.74) is 6.96. The number of aromatic nitrogens is 1. The lowest BCUT2D eigenvalue weighted by Gasteiger charge is -2.19. The number of nitro benzene ring substituents is 1. The predicted octanol–water partition coefficient (Wildman–Crippen LogP) is 7.20. The third-order valence-electron chi connectivity index (χ3n) is 6.31. The van der Waals surface area contributed by atoms with Gasteiger partial charge in [-0.05, 0) is 11.1 Å². The maximum Gasteiger partial charge on any atom is 0.270 e. The number of ketones is 1. The van der Waals surface area contributed by atoms with Crippen molar-refractivity contribution in [3.63, 3.8) is 0 Å². The maximum absolute atomic E-state index is 13.8. The zero-order chi connectivity index (χ0) is 23.9. The molecule has 5 aromatic rings. The Morgan fingerprint density at radius 3 is 1.86 bits per heavy atom. The molecule has 0 saturated heterocycles. The number of pyridine rings is 1. The van der Waals surface area contributed by atoms with E-state index in [9.17, 15) is 14.9 Å². The molecule has 0 saturated carbocycles. The summed E-state index contributed by atoms with van der Waals surface area (Å²) in [6.07, 6.45) is 0. The van der Waals surface area contributed by atoms with Crippen LogP contribution in [0.5, 0.6) is 0 Å². The first-order valence-electron chi connectivity index (χ1n) is 11.2. The van der Waals surface area contributed by atoms with Crippen LogP contribution < -0.4 is 0 Å². The van der Waals surface area contributed by atoms with Gasteiger partial charge in [0.05, 0.1) is 21.9 Å². The van der Waals surface area contributed by atoms with Crippen LogP contribution in [0.3, 0.4) is 0 Å². The monoisotopic (exact) mass is 454 g/mol. The summed E-state index contributed by atoms with van der Waals surface area (Å²) < 4.78 is 0. The normalized spacial score (nSPS) is 11.7. The summed E-state index contributed by atoms with van der Waals surface area (Å²) in [6, 6.07) is 33.5. The van der Waals surface area contributed by atoms with Crippen molar-refractivity contribution in [1.29, 1.82) is 0 Å². The Morgan fingerprint density at radius 2 is 1.17 bits per heavy atom. The van der Waals surface area contributed by atoms with E-state index in [-0.39, 0.29) is 11.5 Å². The molecule has 4 aromatic carbocycles. The van der Waals surface area contributed by atoms with Gasteiger partial charge in [-0.25, -0.2) is 4.98 Å². The zero-order valence-corrected chi connectivity index (χ0v) is 18.5. The van der Waals surface area contributed by atoms with E-state index in [2.05, 4.69) is 0 Å². The van der Waals surface area contributed by atoms with Gasteiger partial charge in [0.15, 0.2) is 5.78 Å². The topological polar surface area (TPSA) is 73.1 Å². The fraction of sp³-hybridized carbons (Fsp3) is 0. The molecule has 5 nitrogen and oxygen atoms in total. The summed E-state index contributed by atoms with van der Waals surface area (Å²) in [7, 11) is 0. The number of benzene rings is 4. The Kier molecular flexibility index (Phi) is 4.82. The van der Waals surface area contributed by atoms with Crippen LogP contribution in [0.4, 0.5) is 5.69 Å². The van der Waals surface area contributed by atoms with Gasteiger partial charge < -0.3 is 0 Å². The van der Waals surface area contributed by atoms with Gasteiger partial charge in [-0.1, -0.05) is 97.1 Å². The first-order chi connectivity index (χ1) is 17.1. The minimum Gasteiger partial charge on any atom is -0.288 e. The second kappa shape index (κ2) is 8.15. The highest BCUT2D eigenvalue weighted by Crippen LogP contribution is 2.48. The number of carbonyl (C=O) groups is 1. The summed E-state index contributed by atoms with van der Waals surface area (Å²) in [5, 5.41) is 11.6. The molecule has 0 N–H and O–H groups in total. The summed E-state index contributed by atoms with van der Waals surface area (Å²) in [4.78, 5) is 30.1. The third kappa shape index (κ3) is 3.33. The molecule has 0 radical (unpaired) electrons. The van der Waals surface area contributed by atoms with Crippen molar-refractivity contribution in [2.24, 2.45) is 0 Å². The number of non-ortho nitro benzene ring substituents is 1. The molecule has 0 unspecified atom stereocenters. The standard InChI is InChI=1S/C30H18N2O3/c33-30-24-17-8-7-16-23(24)29-27(30)25(21-14-9-15-22(18-21)32(34)35)26(19-10-3-1-4-11-19)28(31-29)20-12-5-2-6-13-20/h1-18H. The van der Waals surface area contributed by atoms with Crippen LogP contribution in [-0.4, -0.2) is 15.7 Å². The van der Waals surface area contributed by atoms with E-state index in [1.165, 1.54) is 12.1 Å². The predicted molar refractivity (Wildman–Crippen MR) is 136 cm³/mol. The summed E-state index contributed by atoms with van der Waals surface area (Å²) in [6.45, 7) is 0. The molecule has 1 aliphatic rings. The second-order valence-electron chi connectivity index (χ2n) is 8.35. The second-order valence-corrected chi connectivity index (χ2v) is 8.35. The van der Waals surface area contributed by atoms with Crippen LogP contribution in [0.25, 0.3) is 44.8 Å². The number of fused-ring (bicyclic) bond motifs is 3. The molecule has 1 aliphatic carbocycles. The molecule has 0 bridgehead atoms. The van der Waals surface area contributed by atoms with Gasteiger partial charge in [-0.15, -0.1) is 0 Å². The van der Waals surface area contributed by atoms with Crippen molar-refractivity contribution in [3.8, 4) is 44.8 Å². The van der Waals surface area contributed by atoms with Gasteiger partial charge in [-0.2, -0.15) is 0 Å². The van der Waals surface area contributed by atoms with Gasteiger partial charge in [0, 0.05) is 39.9 Å². The SMILES string of the molecule is O=C1c2ccccc2-c2nc(-c3ccccc3)c(-c3ccccc3)c(-c3cccc([N+](=O)[O-])c3)c21. The first-order valence-corrected chi connectivity index (χ1v) is 11.2. The zero-order valence-electron chi connectivity index (χ0n) is 18.5. The van der Waals surface area contributed by atoms with Crippen LogP contribution in [0.15, 0.2) is 109 Å². The molecule has 0 spiro atoms. The number of carbonyl (C=O) groups excluding carboxylic acids is 1. The highest BCUT2D eigenvalue weighted by atomic mass is 16.6. The molecule has 0 amide bonds. The van der Waals surface area contributed by atoms with Crippen LogP contribution in [0.2, 0.25) is 0 Å². The smallest absolute Gasteiger partial charge is 0.270 e. The van der Waals surface area contributed by atoms with Crippen molar-refractivity contribution in [3.05, 3.63) is 130 Å². The quantitative estimate of drug-likeness (QED) is 0.208. The maximum atomic E-state index is 13.8. The lowest BCUT2D eigenvalue weighted by molar-refractivity contribution is -0.384. The van der Waals surface area contributed by atoms with Crippen LogP contribution >= 0.6 is 0 Å². The number of rotatable bonds is 4. The highest BCUT2D eigenvalue weighted by molar-refractivity contribution is 6.26. The summed E-state index contributed by atoms with van der Waals surface area (Å²) >= 11 is 0.